The van der Waals surface area contributed by atoms with E-state index in [1.54, 1.807) is 6.07 Å². The van der Waals surface area contributed by atoms with Crippen LogP contribution >= 0.6 is 38.5 Å². The van der Waals surface area contributed by atoms with E-state index in [-0.39, 0.29) is 5.82 Å². The number of benzene rings is 1. The van der Waals surface area contributed by atoms with Crippen molar-refractivity contribution >= 4 is 49.9 Å². The molecule has 0 fully saturated rings. The van der Waals surface area contributed by atoms with Crippen LogP contribution in [0.25, 0.3) is 0 Å². The molecule has 0 spiro atoms. The highest BCUT2D eigenvalue weighted by molar-refractivity contribution is 14.1. The van der Waals surface area contributed by atoms with Gasteiger partial charge in [-0.1, -0.05) is 6.92 Å². The maximum atomic E-state index is 13.3. The minimum Gasteiger partial charge on any atom is -0.402 e. The second-order valence-corrected chi connectivity index (χ2v) is 7.40. The van der Waals surface area contributed by atoms with Crippen molar-refractivity contribution in [3.63, 3.8) is 0 Å². The highest BCUT2D eigenvalue weighted by Crippen LogP contribution is 2.25. The van der Waals surface area contributed by atoms with Crippen LogP contribution in [0, 0.1) is 9.39 Å². The first kappa shape index (κ1) is 19.1. The van der Waals surface area contributed by atoms with Gasteiger partial charge >= 0.3 is 0 Å². The Bertz CT molecular complexity index is 807. The van der Waals surface area contributed by atoms with Crippen LogP contribution in [0.2, 0.25) is 0 Å². The largest absolute Gasteiger partial charge is 0.402 e. The fourth-order valence-electron chi connectivity index (χ4n) is 2.30. The van der Waals surface area contributed by atoms with Gasteiger partial charge in [0.1, 0.15) is 5.82 Å². The van der Waals surface area contributed by atoms with E-state index in [4.69, 9.17) is 5.73 Å². The van der Waals surface area contributed by atoms with E-state index in [0.29, 0.717) is 12.1 Å². The molecule has 24 heavy (non-hydrogen) atoms. The number of nitrogens with zero attached hydrogens (tertiary/aromatic N) is 3. The van der Waals surface area contributed by atoms with Gasteiger partial charge in [0, 0.05) is 28.4 Å². The third-order valence-corrected chi connectivity index (χ3v) is 5.20. The van der Waals surface area contributed by atoms with Gasteiger partial charge in [-0.05, 0) is 76.1 Å². The summed E-state index contributed by atoms with van der Waals surface area (Å²) in [5.41, 5.74) is 10.1. The van der Waals surface area contributed by atoms with Gasteiger partial charge in [0.15, 0.2) is 0 Å². The Kier molecular flexibility index (Phi) is 6.56. The summed E-state index contributed by atoms with van der Waals surface area (Å²) in [7, 11) is 1.91. The molecular formula is C17H19BrFIN4. The number of hydrogen-bond donors (Lipinski definition) is 1. The van der Waals surface area contributed by atoms with E-state index in [1.807, 2.05) is 24.7 Å². The van der Waals surface area contributed by atoms with Crippen molar-refractivity contribution < 1.29 is 4.39 Å². The van der Waals surface area contributed by atoms with E-state index in [1.165, 1.54) is 12.1 Å². The van der Waals surface area contributed by atoms with Crippen molar-refractivity contribution in [1.82, 2.24) is 9.78 Å². The van der Waals surface area contributed by atoms with Gasteiger partial charge in [-0.15, -0.1) is 0 Å². The Hall–Kier alpha value is -1.22. The molecule has 0 aliphatic rings. The first-order valence-electron chi connectivity index (χ1n) is 7.48. The molecule has 0 atom stereocenters. The van der Waals surface area contributed by atoms with Crippen molar-refractivity contribution in [2.75, 3.05) is 0 Å². The van der Waals surface area contributed by atoms with Gasteiger partial charge in [-0.3, -0.25) is 9.67 Å². The Morgan fingerprint density at radius 1 is 1.50 bits per heavy atom. The summed E-state index contributed by atoms with van der Waals surface area (Å²) in [4.78, 5) is 4.68. The third kappa shape index (κ3) is 4.66. The van der Waals surface area contributed by atoms with Gasteiger partial charge < -0.3 is 5.73 Å². The number of nitrogens with two attached hydrogens (primary N) is 1. The van der Waals surface area contributed by atoms with Gasteiger partial charge in [0.05, 0.1) is 21.5 Å². The predicted octanol–water partition coefficient (Wildman–Crippen LogP) is 4.67. The van der Waals surface area contributed by atoms with Crippen LogP contribution in [-0.4, -0.2) is 15.5 Å². The van der Waals surface area contributed by atoms with Crippen molar-refractivity contribution in [3.05, 3.63) is 55.2 Å². The van der Waals surface area contributed by atoms with Crippen molar-refractivity contribution in [2.24, 2.45) is 17.8 Å². The molecular weight excluding hydrogens is 486 g/mol. The van der Waals surface area contributed by atoms with E-state index in [9.17, 15) is 4.39 Å². The first-order chi connectivity index (χ1) is 11.3. The average molecular weight is 505 g/mol. The van der Waals surface area contributed by atoms with Gasteiger partial charge in [-0.2, -0.15) is 5.10 Å². The number of halogens is 3. The molecule has 2 aromatic rings. The summed E-state index contributed by atoms with van der Waals surface area (Å²) in [5.74, 6) is -0.271. The lowest BCUT2D eigenvalue weighted by molar-refractivity contribution is 0.627. The third-order valence-electron chi connectivity index (χ3n) is 3.42. The molecule has 1 heterocycles. The fourth-order valence-corrected chi connectivity index (χ4v) is 3.65. The monoisotopic (exact) mass is 504 g/mol. The molecule has 0 bridgehead atoms. The highest BCUT2D eigenvalue weighted by Gasteiger charge is 2.14. The van der Waals surface area contributed by atoms with Crippen LogP contribution in [0.4, 0.5) is 10.1 Å². The Balaban J connectivity index is 2.45. The molecule has 0 aliphatic carbocycles. The summed E-state index contributed by atoms with van der Waals surface area (Å²) in [6.07, 6.45) is 3.26. The van der Waals surface area contributed by atoms with Crippen LogP contribution in [0.5, 0.6) is 0 Å². The molecule has 1 aromatic carbocycles. The molecule has 128 valence electrons. The van der Waals surface area contributed by atoms with Gasteiger partial charge in [0.25, 0.3) is 0 Å². The van der Waals surface area contributed by atoms with E-state index in [0.717, 1.165) is 37.3 Å². The molecule has 0 unspecified atom stereocenters. The minimum atomic E-state index is -0.271. The summed E-state index contributed by atoms with van der Waals surface area (Å²) in [6, 6.07) is 4.55. The quantitative estimate of drug-likeness (QED) is 0.475. The molecule has 4 nitrogen and oxygen atoms in total. The lowest BCUT2D eigenvalue weighted by atomic mass is 10.1. The van der Waals surface area contributed by atoms with Gasteiger partial charge in [0.2, 0.25) is 0 Å². The molecule has 0 saturated carbocycles. The molecule has 2 N–H and O–H groups in total. The molecule has 0 radical (unpaired) electrons. The lowest BCUT2D eigenvalue weighted by Crippen LogP contribution is -2.08. The number of aliphatic imine (C=N–C) groups is 1. The summed E-state index contributed by atoms with van der Waals surface area (Å²) < 4.78 is 16.9. The lowest BCUT2D eigenvalue weighted by Gasteiger charge is -2.07. The Morgan fingerprint density at radius 3 is 2.75 bits per heavy atom. The Morgan fingerprint density at radius 2 is 2.21 bits per heavy atom. The van der Waals surface area contributed by atoms with E-state index < -0.39 is 0 Å². The molecule has 0 saturated heterocycles. The zero-order chi connectivity index (χ0) is 17.9. The number of rotatable bonds is 5. The van der Waals surface area contributed by atoms with Crippen LogP contribution in [0.3, 0.4) is 0 Å². The second-order valence-electron chi connectivity index (χ2n) is 5.45. The number of aromatic nitrogens is 2. The maximum absolute atomic E-state index is 13.3. The first-order valence-corrected chi connectivity index (χ1v) is 9.35. The molecule has 0 amide bonds. The summed E-state index contributed by atoms with van der Waals surface area (Å²) >= 11 is 5.71. The number of aryl methyl sites for hydroxylation is 2. The smallest absolute Gasteiger partial charge is 0.124 e. The topological polar surface area (TPSA) is 56.2 Å². The Labute approximate surface area is 163 Å². The summed E-state index contributed by atoms with van der Waals surface area (Å²) in [6.45, 7) is 3.89. The second kappa shape index (κ2) is 8.24. The van der Waals surface area contributed by atoms with Crippen LogP contribution in [-0.2, 0) is 19.9 Å². The average Bonchev–Trinajstić information content (AvgIpc) is 2.77. The van der Waals surface area contributed by atoms with Crippen molar-refractivity contribution in [1.29, 1.82) is 0 Å². The zero-order valence-electron chi connectivity index (χ0n) is 13.8. The van der Waals surface area contributed by atoms with Crippen LogP contribution < -0.4 is 5.73 Å². The van der Waals surface area contributed by atoms with Crippen molar-refractivity contribution in [2.45, 2.75) is 26.7 Å². The SMILES string of the molecule is CCc1nn(C)c(CC(C=C(C)N)=Nc2ccc(F)cc2I)c1Br. The summed E-state index contributed by atoms with van der Waals surface area (Å²) in [5, 5.41) is 4.51. The zero-order valence-corrected chi connectivity index (χ0v) is 17.5. The van der Waals surface area contributed by atoms with Crippen LogP contribution in [0.1, 0.15) is 25.2 Å². The molecule has 1 aromatic heterocycles. The standard InChI is InChI=1S/C17H19BrFIN4/c1-4-14-17(18)16(24(3)23-14)9-12(7-10(2)21)22-15-6-5-11(19)8-13(15)20/h5-8H,4,9,21H2,1-3H3. The van der Waals surface area contributed by atoms with E-state index in [2.05, 4.69) is 55.5 Å². The van der Waals surface area contributed by atoms with E-state index >= 15 is 0 Å². The maximum Gasteiger partial charge on any atom is 0.124 e. The fraction of sp³-hybridized carbons (Fsp3) is 0.294. The number of hydrogen-bond acceptors (Lipinski definition) is 3. The van der Waals surface area contributed by atoms with Crippen molar-refractivity contribution in [3.8, 4) is 0 Å². The van der Waals surface area contributed by atoms with Crippen LogP contribution in [0.15, 0.2) is 39.4 Å². The molecule has 7 heteroatoms. The van der Waals surface area contributed by atoms with Gasteiger partial charge in [-0.25, -0.2) is 4.39 Å². The number of allylic oxidation sites excluding steroid dienone is 2. The molecule has 2 rings (SSSR count). The molecule has 0 aliphatic heterocycles. The normalized spacial score (nSPS) is 12.8. The predicted molar refractivity (Wildman–Crippen MR) is 108 cm³/mol. The highest BCUT2D eigenvalue weighted by atomic mass is 127. The minimum absolute atomic E-state index is 0.271.